The van der Waals surface area contributed by atoms with E-state index in [1.54, 1.807) is 0 Å². The molecule has 2 nitrogen and oxygen atoms in total. The van der Waals surface area contributed by atoms with Crippen molar-refractivity contribution in [1.82, 2.24) is 5.32 Å². The summed E-state index contributed by atoms with van der Waals surface area (Å²) >= 11 is 11.1. The number of carbonyl (C=O) groups is 1. The van der Waals surface area contributed by atoms with Crippen LogP contribution in [0.15, 0.2) is 0 Å². The first kappa shape index (κ1) is 10.1. The first-order valence-corrected chi connectivity index (χ1v) is 5.11. The van der Waals surface area contributed by atoms with Crippen LogP contribution in [0.1, 0.15) is 32.1 Å². The molecule has 0 aromatic rings. The van der Waals surface area contributed by atoms with E-state index in [2.05, 4.69) is 5.32 Å². The minimum atomic E-state index is -0.555. The first-order valence-electron chi connectivity index (χ1n) is 4.30. The maximum Gasteiger partial charge on any atom is 0.314 e. The SMILES string of the molecule is O=C(Cl)NC(Cl)C1CCCCC1. The topological polar surface area (TPSA) is 29.1 Å². The minimum absolute atomic E-state index is 0.282. The summed E-state index contributed by atoms with van der Waals surface area (Å²) < 4.78 is 0. The van der Waals surface area contributed by atoms with Crippen LogP contribution in [0.4, 0.5) is 4.79 Å². The Kier molecular flexibility index (Phi) is 4.16. The summed E-state index contributed by atoms with van der Waals surface area (Å²) in [6, 6.07) is 0. The first-order chi connectivity index (χ1) is 5.70. The molecule has 0 aromatic heterocycles. The Balaban J connectivity index is 2.29. The van der Waals surface area contributed by atoms with Gasteiger partial charge in [-0.15, -0.1) is 0 Å². The van der Waals surface area contributed by atoms with E-state index in [9.17, 15) is 4.79 Å². The predicted octanol–water partition coefficient (Wildman–Crippen LogP) is 3.08. The molecule has 1 aliphatic carbocycles. The van der Waals surface area contributed by atoms with Crippen molar-refractivity contribution in [2.24, 2.45) is 5.92 Å². The lowest BCUT2D eigenvalue weighted by Gasteiger charge is -2.25. The van der Waals surface area contributed by atoms with Gasteiger partial charge in [0.2, 0.25) is 0 Å². The number of hydrogen-bond donors (Lipinski definition) is 1. The molecule has 0 aliphatic heterocycles. The Morgan fingerprint density at radius 2 is 1.92 bits per heavy atom. The van der Waals surface area contributed by atoms with Crippen molar-refractivity contribution in [3.05, 3.63) is 0 Å². The lowest BCUT2D eigenvalue weighted by atomic mass is 9.89. The third-order valence-electron chi connectivity index (χ3n) is 2.32. The molecule has 1 saturated carbocycles. The summed E-state index contributed by atoms with van der Waals surface area (Å²) in [4.78, 5) is 10.5. The Morgan fingerprint density at radius 1 is 1.33 bits per heavy atom. The Morgan fingerprint density at radius 3 is 2.42 bits per heavy atom. The molecule has 12 heavy (non-hydrogen) atoms. The molecule has 1 amide bonds. The average molecular weight is 210 g/mol. The van der Waals surface area contributed by atoms with Crippen LogP contribution in [0.25, 0.3) is 0 Å². The summed E-state index contributed by atoms with van der Waals surface area (Å²) in [6.45, 7) is 0. The molecule has 0 saturated heterocycles. The van der Waals surface area contributed by atoms with Gasteiger partial charge in [-0.1, -0.05) is 30.9 Å². The Bertz CT molecular complexity index is 157. The summed E-state index contributed by atoms with van der Waals surface area (Å²) in [7, 11) is 0. The van der Waals surface area contributed by atoms with Crippen LogP contribution in [0, 0.1) is 5.92 Å². The largest absolute Gasteiger partial charge is 0.326 e. The molecule has 4 heteroatoms. The van der Waals surface area contributed by atoms with Gasteiger partial charge in [0.1, 0.15) is 5.50 Å². The van der Waals surface area contributed by atoms with E-state index < -0.39 is 5.37 Å². The number of amides is 1. The molecular formula is C8H13Cl2NO. The third-order valence-corrected chi connectivity index (χ3v) is 2.89. The van der Waals surface area contributed by atoms with Gasteiger partial charge >= 0.3 is 5.37 Å². The monoisotopic (exact) mass is 209 g/mol. The fraction of sp³-hybridized carbons (Fsp3) is 0.875. The van der Waals surface area contributed by atoms with E-state index in [1.165, 1.54) is 19.3 Å². The van der Waals surface area contributed by atoms with Gasteiger partial charge < -0.3 is 5.32 Å². The second-order valence-corrected chi connectivity index (χ2v) is 4.03. The van der Waals surface area contributed by atoms with E-state index >= 15 is 0 Å². The highest BCUT2D eigenvalue weighted by Crippen LogP contribution is 2.27. The van der Waals surface area contributed by atoms with Crippen molar-refractivity contribution in [1.29, 1.82) is 0 Å². The van der Waals surface area contributed by atoms with Crippen LogP contribution in [0.2, 0.25) is 0 Å². The maximum absolute atomic E-state index is 10.5. The van der Waals surface area contributed by atoms with Crippen LogP contribution in [-0.2, 0) is 0 Å². The van der Waals surface area contributed by atoms with Gasteiger partial charge in [-0.2, -0.15) is 0 Å². The van der Waals surface area contributed by atoms with E-state index in [-0.39, 0.29) is 5.50 Å². The van der Waals surface area contributed by atoms with Gasteiger partial charge in [-0.25, -0.2) is 0 Å². The average Bonchev–Trinajstić information content (AvgIpc) is 2.05. The van der Waals surface area contributed by atoms with Crippen LogP contribution in [0.3, 0.4) is 0 Å². The van der Waals surface area contributed by atoms with E-state index in [0.717, 1.165) is 12.8 Å². The molecule has 1 atom stereocenters. The summed E-state index contributed by atoms with van der Waals surface area (Å²) in [5.41, 5.74) is -0.282. The van der Waals surface area contributed by atoms with Crippen molar-refractivity contribution in [2.45, 2.75) is 37.6 Å². The molecule has 0 spiro atoms. The van der Waals surface area contributed by atoms with E-state index in [1.807, 2.05) is 0 Å². The van der Waals surface area contributed by atoms with E-state index in [4.69, 9.17) is 23.2 Å². The van der Waals surface area contributed by atoms with Crippen molar-refractivity contribution >= 4 is 28.6 Å². The number of alkyl halides is 1. The molecule has 1 fully saturated rings. The summed E-state index contributed by atoms with van der Waals surface area (Å²) in [6.07, 6.45) is 5.92. The second kappa shape index (κ2) is 4.93. The van der Waals surface area contributed by atoms with Crippen LogP contribution in [-0.4, -0.2) is 10.9 Å². The van der Waals surface area contributed by atoms with Gasteiger partial charge in [0.15, 0.2) is 0 Å². The van der Waals surface area contributed by atoms with Gasteiger partial charge in [0, 0.05) is 0 Å². The van der Waals surface area contributed by atoms with Crippen LogP contribution < -0.4 is 5.32 Å². The molecule has 70 valence electrons. The highest BCUT2D eigenvalue weighted by molar-refractivity contribution is 6.63. The molecule has 0 radical (unpaired) electrons. The molecule has 1 unspecified atom stereocenters. The number of carbonyl (C=O) groups excluding carboxylic acids is 1. The fourth-order valence-electron chi connectivity index (χ4n) is 1.65. The number of halogens is 2. The molecule has 0 aromatic carbocycles. The number of rotatable bonds is 2. The van der Waals surface area contributed by atoms with Crippen LogP contribution in [0.5, 0.6) is 0 Å². The number of nitrogens with one attached hydrogen (secondary N) is 1. The van der Waals surface area contributed by atoms with Crippen molar-refractivity contribution in [3.8, 4) is 0 Å². The zero-order chi connectivity index (χ0) is 8.97. The molecule has 1 rings (SSSR count). The summed E-state index contributed by atoms with van der Waals surface area (Å²) in [5.74, 6) is 0.406. The smallest absolute Gasteiger partial charge is 0.314 e. The second-order valence-electron chi connectivity index (χ2n) is 3.22. The lowest BCUT2D eigenvalue weighted by Crippen LogP contribution is -2.34. The third kappa shape index (κ3) is 3.20. The van der Waals surface area contributed by atoms with E-state index in [0.29, 0.717) is 5.92 Å². The van der Waals surface area contributed by atoms with Crippen molar-refractivity contribution < 1.29 is 4.79 Å². The molecule has 1 aliphatic rings. The zero-order valence-corrected chi connectivity index (χ0v) is 8.37. The van der Waals surface area contributed by atoms with Crippen molar-refractivity contribution in [2.75, 3.05) is 0 Å². The Hall–Kier alpha value is 0.0500. The molecular weight excluding hydrogens is 197 g/mol. The summed E-state index contributed by atoms with van der Waals surface area (Å²) in [5, 5.41) is 1.95. The predicted molar refractivity (Wildman–Crippen MR) is 50.6 cm³/mol. The van der Waals surface area contributed by atoms with Crippen LogP contribution >= 0.6 is 23.2 Å². The Labute approximate surface area is 82.6 Å². The molecule has 0 heterocycles. The van der Waals surface area contributed by atoms with Gasteiger partial charge in [-0.05, 0) is 30.4 Å². The maximum atomic E-state index is 10.5. The fourth-order valence-corrected chi connectivity index (χ4v) is 2.18. The zero-order valence-electron chi connectivity index (χ0n) is 6.85. The highest BCUT2D eigenvalue weighted by atomic mass is 35.5. The number of hydrogen-bond acceptors (Lipinski definition) is 1. The normalized spacial score (nSPS) is 21.8. The van der Waals surface area contributed by atoms with Gasteiger partial charge in [0.25, 0.3) is 0 Å². The molecule has 1 N–H and O–H groups in total. The lowest BCUT2D eigenvalue weighted by molar-refractivity contribution is 0.251. The standard InChI is InChI=1S/C8H13Cl2NO/c9-7(11-8(10)12)6-4-2-1-3-5-6/h6-7H,1-5H2,(H,11,12). The highest BCUT2D eigenvalue weighted by Gasteiger charge is 2.22. The minimum Gasteiger partial charge on any atom is -0.326 e. The van der Waals surface area contributed by atoms with Crippen molar-refractivity contribution in [3.63, 3.8) is 0 Å². The quantitative estimate of drug-likeness (QED) is 0.423. The molecule has 0 bridgehead atoms. The van der Waals surface area contributed by atoms with Gasteiger partial charge in [0.05, 0.1) is 0 Å². The van der Waals surface area contributed by atoms with Gasteiger partial charge in [-0.3, -0.25) is 4.79 Å².